The summed E-state index contributed by atoms with van der Waals surface area (Å²) in [5.41, 5.74) is 3.60. The summed E-state index contributed by atoms with van der Waals surface area (Å²) in [6, 6.07) is 16.5. The minimum absolute atomic E-state index is 0.207. The molecule has 0 heterocycles. The molecular formula is C18H15BrO2. The maximum Gasteiger partial charge on any atom is 0.307 e. The Balaban J connectivity index is 2.05. The fraction of sp³-hybridized carbons (Fsp3) is 0.167. The van der Waals surface area contributed by atoms with E-state index in [1.54, 1.807) is 0 Å². The minimum Gasteiger partial charge on any atom is -0.431 e. The Kier molecular flexibility index (Phi) is 3.93. The number of esters is 1. The van der Waals surface area contributed by atoms with Crippen molar-refractivity contribution < 1.29 is 9.53 Å². The Morgan fingerprint density at radius 2 is 2.00 bits per heavy atom. The molecule has 0 N–H and O–H groups in total. The van der Waals surface area contributed by atoms with E-state index in [0.717, 1.165) is 15.8 Å². The number of hydrogen-bond donors (Lipinski definition) is 0. The van der Waals surface area contributed by atoms with Crippen molar-refractivity contribution in [3.05, 3.63) is 75.5 Å². The zero-order valence-corrected chi connectivity index (χ0v) is 13.3. The monoisotopic (exact) mass is 342 g/mol. The van der Waals surface area contributed by atoms with Gasteiger partial charge in [0, 0.05) is 23.7 Å². The zero-order valence-electron chi connectivity index (χ0n) is 11.7. The highest BCUT2D eigenvalue weighted by Gasteiger charge is 2.24. The van der Waals surface area contributed by atoms with Crippen LogP contribution in [0.25, 0.3) is 6.08 Å². The van der Waals surface area contributed by atoms with Crippen LogP contribution in [0.4, 0.5) is 0 Å². The van der Waals surface area contributed by atoms with Gasteiger partial charge in [0.1, 0.15) is 5.76 Å². The molecule has 3 rings (SSSR count). The van der Waals surface area contributed by atoms with Crippen LogP contribution in [0, 0.1) is 0 Å². The molecule has 0 amide bonds. The SMILES string of the molecule is CC(=O)OC1=Cc2ccccc2C(c2cccc(Br)c2)C1. The first kappa shape index (κ1) is 14.1. The van der Waals surface area contributed by atoms with Crippen molar-refractivity contribution in [3.63, 3.8) is 0 Å². The fourth-order valence-corrected chi connectivity index (χ4v) is 3.20. The summed E-state index contributed by atoms with van der Waals surface area (Å²) in [4.78, 5) is 11.3. The Labute approximate surface area is 132 Å². The predicted octanol–water partition coefficient (Wildman–Crippen LogP) is 4.89. The lowest BCUT2D eigenvalue weighted by molar-refractivity contribution is -0.137. The normalized spacial score (nSPS) is 16.9. The molecule has 2 nitrogen and oxygen atoms in total. The molecule has 0 spiro atoms. The van der Waals surface area contributed by atoms with Gasteiger partial charge >= 0.3 is 5.97 Å². The van der Waals surface area contributed by atoms with Gasteiger partial charge < -0.3 is 4.74 Å². The average molecular weight is 343 g/mol. The third-order valence-electron chi connectivity index (χ3n) is 3.62. The highest BCUT2D eigenvalue weighted by atomic mass is 79.9. The van der Waals surface area contributed by atoms with E-state index in [9.17, 15) is 4.79 Å². The number of benzene rings is 2. The Hall–Kier alpha value is -1.87. The van der Waals surface area contributed by atoms with Gasteiger partial charge in [-0.3, -0.25) is 4.79 Å². The molecule has 0 aromatic heterocycles. The fourth-order valence-electron chi connectivity index (χ4n) is 2.78. The Bertz CT molecular complexity index is 719. The molecule has 0 saturated carbocycles. The van der Waals surface area contributed by atoms with Crippen LogP contribution in [0.3, 0.4) is 0 Å². The number of ether oxygens (including phenoxy) is 1. The number of carbonyl (C=O) groups is 1. The molecule has 1 unspecified atom stereocenters. The van der Waals surface area contributed by atoms with Crippen molar-refractivity contribution in [1.82, 2.24) is 0 Å². The van der Waals surface area contributed by atoms with Crippen molar-refractivity contribution in [2.24, 2.45) is 0 Å². The van der Waals surface area contributed by atoms with Gasteiger partial charge in [-0.1, -0.05) is 52.3 Å². The van der Waals surface area contributed by atoms with Gasteiger partial charge in [-0.15, -0.1) is 0 Å². The molecular weight excluding hydrogens is 328 g/mol. The van der Waals surface area contributed by atoms with Crippen LogP contribution in [-0.4, -0.2) is 5.97 Å². The molecule has 3 heteroatoms. The highest BCUT2D eigenvalue weighted by Crippen LogP contribution is 2.39. The summed E-state index contributed by atoms with van der Waals surface area (Å²) in [5.74, 6) is 0.665. The van der Waals surface area contributed by atoms with Gasteiger partial charge in [0.05, 0.1) is 0 Å². The highest BCUT2D eigenvalue weighted by molar-refractivity contribution is 9.10. The smallest absolute Gasteiger partial charge is 0.307 e. The number of rotatable bonds is 2. The summed E-state index contributed by atoms with van der Waals surface area (Å²) in [6.07, 6.45) is 2.66. The molecule has 0 fully saturated rings. The Morgan fingerprint density at radius 1 is 1.19 bits per heavy atom. The van der Waals surface area contributed by atoms with E-state index in [1.807, 2.05) is 24.3 Å². The summed E-state index contributed by atoms with van der Waals surface area (Å²) < 4.78 is 6.40. The Morgan fingerprint density at radius 3 is 2.76 bits per heavy atom. The lowest BCUT2D eigenvalue weighted by atomic mass is 9.81. The van der Waals surface area contributed by atoms with Crippen LogP contribution in [0.2, 0.25) is 0 Å². The van der Waals surface area contributed by atoms with E-state index in [0.29, 0.717) is 6.42 Å². The molecule has 0 bridgehead atoms. The van der Waals surface area contributed by atoms with Crippen LogP contribution >= 0.6 is 15.9 Å². The number of carbonyl (C=O) groups excluding carboxylic acids is 1. The first-order chi connectivity index (χ1) is 10.1. The maximum atomic E-state index is 11.3. The largest absolute Gasteiger partial charge is 0.431 e. The minimum atomic E-state index is -0.270. The first-order valence-electron chi connectivity index (χ1n) is 6.87. The topological polar surface area (TPSA) is 26.3 Å². The van der Waals surface area contributed by atoms with E-state index in [1.165, 1.54) is 18.1 Å². The van der Waals surface area contributed by atoms with Crippen molar-refractivity contribution in [2.45, 2.75) is 19.3 Å². The third kappa shape index (κ3) is 3.08. The summed E-state index contributed by atoms with van der Waals surface area (Å²) >= 11 is 3.52. The molecule has 2 aromatic carbocycles. The average Bonchev–Trinajstić information content (AvgIpc) is 2.46. The predicted molar refractivity (Wildman–Crippen MR) is 86.8 cm³/mol. The van der Waals surface area contributed by atoms with E-state index in [2.05, 4.69) is 46.3 Å². The van der Waals surface area contributed by atoms with Gasteiger partial charge in [-0.25, -0.2) is 0 Å². The van der Waals surface area contributed by atoms with Crippen molar-refractivity contribution in [1.29, 1.82) is 0 Å². The first-order valence-corrected chi connectivity index (χ1v) is 7.66. The lowest BCUT2D eigenvalue weighted by Crippen LogP contribution is -2.12. The molecule has 106 valence electrons. The summed E-state index contributed by atoms with van der Waals surface area (Å²) in [5, 5.41) is 0. The molecule has 1 aliphatic rings. The van der Waals surface area contributed by atoms with Gasteiger partial charge in [-0.05, 0) is 34.9 Å². The van der Waals surface area contributed by atoms with E-state index >= 15 is 0 Å². The van der Waals surface area contributed by atoms with Crippen molar-refractivity contribution in [2.75, 3.05) is 0 Å². The van der Waals surface area contributed by atoms with Crippen LogP contribution in [-0.2, 0) is 9.53 Å². The quantitative estimate of drug-likeness (QED) is 0.726. The number of allylic oxidation sites excluding steroid dienone is 1. The maximum absolute atomic E-state index is 11.3. The number of halogens is 1. The van der Waals surface area contributed by atoms with E-state index in [-0.39, 0.29) is 11.9 Å². The second-order valence-corrected chi connectivity index (χ2v) is 6.06. The molecule has 1 atom stereocenters. The van der Waals surface area contributed by atoms with E-state index < -0.39 is 0 Å². The second kappa shape index (κ2) is 5.86. The van der Waals surface area contributed by atoms with Crippen LogP contribution in [0.1, 0.15) is 36.0 Å². The van der Waals surface area contributed by atoms with Crippen LogP contribution < -0.4 is 0 Å². The molecule has 21 heavy (non-hydrogen) atoms. The van der Waals surface area contributed by atoms with Crippen LogP contribution in [0.5, 0.6) is 0 Å². The van der Waals surface area contributed by atoms with E-state index in [4.69, 9.17) is 4.74 Å². The third-order valence-corrected chi connectivity index (χ3v) is 4.11. The molecule has 0 saturated heterocycles. The summed E-state index contributed by atoms with van der Waals surface area (Å²) in [7, 11) is 0. The van der Waals surface area contributed by atoms with Crippen molar-refractivity contribution in [3.8, 4) is 0 Å². The number of hydrogen-bond acceptors (Lipinski definition) is 2. The second-order valence-electron chi connectivity index (χ2n) is 5.14. The van der Waals surface area contributed by atoms with Gasteiger partial charge in [0.15, 0.2) is 0 Å². The molecule has 2 aromatic rings. The van der Waals surface area contributed by atoms with Gasteiger partial charge in [0.2, 0.25) is 0 Å². The zero-order chi connectivity index (χ0) is 14.8. The number of fused-ring (bicyclic) bond motifs is 1. The molecule has 0 radical (unpaired) electrons. The van der Waals surface area contributed by atoms with Crippen LogP contribution in [0.15, 0.2) is 58.8 Å². The molecule has 0 aliphatic heterocycles. The van der Waals surface area contributed by atoms with Crippen molar-refractivity contribution >= 4 is 28.0 Å². The standard InChI is InChI=1S/C18H15BrO2/c1-12(20)21-16-10-14-5-2-3-8-17(14)18(11-16)13-6-4-7-15(19)9-13/h2-10,18H,11H2,1H3. The summed E-state index contributed by atoms with van der Waals surface area (Å²) in [6.45, 7) is 1.44. The van der Waals surface area contributed by atoms with Gasteiger partial charge in [0.25, 0.3) is 0 Å². The van der Waals surface area contributed by atoms with Gasteiger partial charge in [-0.2, -0.15) is 0 Å². The lowest BCUT2D eigenvalue weighted by Gasteiger charge is -2.25. The molecule has 1 aliphatic carbocycles.